The third-order valence-corrected chi connectivity index (χ3v) is 3.44. The number of ether oxygens (including phenoxy) is 3. The normalized spacial score (nSPS) is 18.6. The first kappa shape index (κ1) is 21.1. The summed E-state index contributed by atoms with van der Waals surface area (Å²) in [5.41, 5.74) is -1.75. The Morgan fingerprint density at radius 2 is 1.48 bits per heavy atom. The lowest BCUT2D eigenvalue weighted by atomic mass is 10.1. The van der Waals surface area contributed by atoms with Gasteiger partial charge < -0.3 is 19.1 Å². The molecular weight excluding hydrogens is 322 g/mol. The van der Waals surface area contributed by atoms with E-state index in [1.807, 2.05) is 25.8 Å². The first-order valence-corrected chi connectivity index (χ1v) is 8.38. The van der Waals surface area contributed by atoms with E-state index < -0.39 is 23.1 Å². The smallest absolute Gasteiger partial charge is 0.346 e. The number of likely N-dealkylation sites (N-methyl/N-ethyl adjacent to an activating group) is 1. The van der Waals surface area contributed by atoms with Gasteiger partial charge >= 0.3 is 11.9 Å². The molecule has 0 aliphatic carbocycles. The molecule has 6 nitrogen and oxygen atoms in total. The Morgan fingerprint density at radius 3 is 1.80 bits per heavy atom. The number of hydrogen-bond acceptors (Lipinski definition) is 6. The van der Waals surface area contributed by atoms with Gasteiger partial charge in [-0.3, -0.25) is 0 Å². The predicted molar refractivity (Wildman–Crippen MR) is 95.7 cm³/mol. The van der Waals surface area contributed by atoms with Crippen LogP contribution in [0.3, 0.4) is 0 Å². The topological polar surface area (TPSA) is 65.1 Å². The molecule has 0 radical (unpaired) electrons. The highest BCUT2D eigenvalue weighted by Crippen LogP contribution is 2.27. The van der Waals surface area contributed by atoms with Crippen LogP contribution in [0.2, 0.25) is 0 Å². The fourth-order valence-electron chi connectivity index (χ4n) is 1.94. The summed E-state index contributed by atoms with van der Waals surface area (Å²) in [6.07, 6.45) is 2.99. The Kier molecular flexibility index (Phi) is 5.98. The second-order valence-corrected chi connectivity index (χ2v) is 8.75. The molecule has 1 heterocycles. The Hall–Kier alpha value is -1.98. The summed E-state index contributed by atoms with van der Waals surface area (Å²) in [6.45, 7) is 15.1. The number of nitrogens with zero attached hydrogens (tertiary/aromatic N) is 1. The van der Waals surface area contributed by atoms with Gasteiger partial charge in [-0.2, -0.15) is 0 Å². The Balaban J connectivity index is 3.14. The second-order valence-electron chi connectivity index (χ2n) is 8.75. The van der Waals surface area contributed by atoms with E-state index in [1.54, 1.807) is 47.6 Å². The second kappa shape index (κ2) is 7.10. The molecule has 6 heteroatoms. The van der Waals surface area contributed by atoms with Crippen molar-refractivity contribution in [2.24, 2.45) is 0 Å². The summed E-state index contributed by atoms with van der Waals surface area (Å²) >= 11 is 0. The largest absolute Gasteiger partial charge is 0.477 e. The molecule has 0 N–H and O–H groups in total. The first-order valence-electron chi connectivity index (χ1n) is 8.38. The summed E-state index contributed by atoms with van der Waals surface area (Å²) in [7, 11) is 1.90. The fraction of sp³-hybridized carbons (Fsp3) is 0.684. The average molecular weight is 353 g/mol. The van der Waals surface area contributed by atoms with Gasteiger partial charge in [-0.15, -0.1) is 0 Å². The van der Waals surface area contributed by atoms with Gasteiger partial charge in [0, 0.05) is 7.05 Å². The molecule has 1 saturated heterocycles. The van der Waals surface area contributed by atoms with Gasteiger partial charge in [-0.05, 0) is 67.5 Å². The number of allylic oxidation sites excluding steroid dienone is 2. The third-order valence-electron chi connectivity index (χ3n) is 3.44. The van der Waals surface area contributed by atoms with Crippen molar-refractivity contribution >= 4 is 11.9 Å². The zero-order valence-electron chi connectivity index (χ0n) is 16.9. The van der Waals surface area contributed by atoms with E-state index in [1.165, 1.54) is 6.08 Å². The summed E-state index contributed by atoms with van der Waals surface area (Å²) in [5, 5.41) is 0. The van der Waals surface area contributed by atoms with Crippen LogP contribution in [0, 0.1) is 0 Å². The number of esters is 2. The van der Waals surface area contributed by atoms with Gasteiger partial charge in [0.25, 0.3) is 0 Å². The van der Waals surface area contributed by atoms with Crippen LogP contribution in [-0.2, 0) is 23.8 Å². The number of carbonyl (C=O) groups excluding carboxylic acids is 2. The van der Waals surface area contributed by atoms with Gasteiger partial charge in [0.05, 0.1) is 5.54 Å². The highest BCUT2D eigenvalue weighted by molar-refractivity contribution is 6.14. The SMILES string of the molecule is CN1/C(=C/C=C(C(=O)OC(C)(C)C)C(=O)OC(C)(C)C)OCC1(C)C. The maximum absolute atomic E-state index is 12.4. The van der Waals surface area contributed by atoms with Gasteiger partial charge in [-0.1, -0.05) is 0 Å². The summed E-state index contributed by atoms with van der Waals surface area (Å²) in [4.78, 5) is 26.8. The Bertz CT molecular complexity index is 558. The van der Waals surface area contributed by atoms with Crippen molar-refractivity contribution in [2.75, 3.05) is 13.7 Å². The maximum atomic E-state index is 12.4. The molecule has 1 aliphatic rings. The van der Waals surface area contributed by atoms with E-state index in [4.69, 9.17) is 14.2 Å². The minimum Gasteiger partial charge on any atom is -0.477 e. The highest BCUT2D eigenvalue weighted by atomic mass is 16.6. The molecule has 0 aromatic carbocycles. The molecule has 1 rings (SSSR count). The molecule has 142 valence electrons. The van der Waals surface area contributed by atoms with E-state index in [2.05, 4.69) is 0 Å². The lowest BCUT2D eigenvalue weighted by Gasteiger charge is -2.25. The minimum atomic E-state index is -0.724. The molecule has 0 atom stereocenters. The molecule has 0 aromatic rings. The quantitative estimate of drug-likeness (QED) is 0.336. The standard InChI is InChI=1S/C19H31NO5/c1-17(2,3)24-15(21)13(16(22)25-18(4,5)6)10-11-14-20(9)19(7,8)12-23-14/h10-11H,12H2,1-9H3/b14-11-. The first-order chi connectivity index (χ1) is 11.1. The van der Waals surface area contributed by atoms with Crippen molar-refractivity contribution in [1.82, 2.24) is 4.90 Å². The minimum absolute atomic E-state index is 0.155. The molecule has 1 fully saturated rings. The van der Waals surface area contributed by atoms with Crippen molar-refractivity contribution < 1.29 is 23.8 Å². The van der Waals surface area contributed by atoms with E-state index in [0.29, 0.717) is 12.5 Å². The van der Waals surface area contributed by atoms with Crippen LogP contribution in [0.15, 0.2) is 23.6 Å². The average Bonchev–Trinajstić information content (AvgIpc) is 2.61. The van der Waals surface area contributed by atoms with E-state index in [-0.39, 0.29) is 11.1 Å². The van der Waals surface area contributed by atoms with Crippen LogP contribution in [0.25, 0.3) is 0 Å². The highest BCUT2D eigenvalue weighted by Gasteiger charge is 2.34. The zero-order valence-corrected chi connectivity index (χ0v) is 16.9. The number of hydrogen-bond donors (Lipinski definition) is 0. The molecular formula is C19H31NO5. The molecule has 0 saturated carbocycles. The molecule has 0 spiro atoms. The molecule has 0 unspecified atom stereocenters. The molecule has 0 bridgehead atoms. The lowest BCUT2D eigenvalue weighted by Crippen LogP contribution is -2.36. The third kappa shape index (κ3) is 6.44. The Morgan fingerprint density at radius 1 is 1.04 bits per heavy atom. The fourth-order valence-corrected chi connectivity index (χ4v) is 1.94. The van der Waals surface area contributed by atoms with Crippen LogP contribution in [-0.4, -0.2) is 47.2 Å². The summed E-state index contributed by atoms with van der Waals surface area (Å²) < 4.78 is 16.3. The van der Waals surface area contributed by atoms with Gasteiger partial charge in [0.1, 0.15) is 23.4 Å². The van der Waals surface area contributed by atoms with Crippen LogP contribution >= 0.6 is 0 Å². The maximum Gasteiger partial charge on any atom is 0.346 e. The molecule has 0 aromatic heterocycles. The molecule has 0 amide bonds. The summed E-state index contributed by atoms with van der Waals surface area (Å²) in [5.74, 6) is -0.869. The van der Waals surface area contributed by atoms with E-state index in [9.17, 15) is 9.59 Å². The zero-order chi connectivity index (χ0) is 19.6. The van der Waals surface area contributed by atoms with Crippen molar-refractivity contribution in [2.45, 2.75) is 72.1 Å². The number of carbonyl (C=O) groups is 2. The van der Waals surface area contributed by atoms with E-state index >= 15 is 0 Å². The van der Waals surface area contributed by atoms with Crippen LogP contribution in [0.4, 0.5) is 0 Å². The van der Waals surface area contributed by atoms with Gasteiger partial charge in [0.2, 0.25) is 0 Å². The molecule has 1 aliphatic heterocycles. The number of rotatable bonds is 3. The predicted octanol–water partition coefficient (Wildman–Crippen LogP) is 3.18. The van der Waals surface area contributed by atoms with Gasteiger partial charge in [0.15, 0.2) is 5.88 Å². The van der Waals surface area contributed by atoms with Crippen LogP contribution < -0.4 is 0 Å². The lowest BCUT2D eigenvalue weighted by molar-refractivity contribution is -0.158. The monoisotopic (exact) mass is 353 g/mol. The van der Waals surface area contributed by atoms with Crippen LogP contribution in [0.5, 0.6) is 0 Å². The van der Waals surface area contributed by atoms with Crippen molar-refractivity contribution in [3.05, 3.63) is 23.6 Å². The van der Waals surface area contributed by atoms with Crippen molar-refractivity contribution in [1.29, 1.82) is 0 Å². The van der Waals surface area contributed by atoms with Crippen molar-refractivity contribution in [3.8, 4) is 0 Å². The van der Waals surface area contributed by atoms with Crippen molar-refractivity contribution in [3.63, 3.8) is 0 Å². The van der Waals surface area contributed by atoms with Gasteiger partial charge in [-0.25, -0.2) is 9.59 Å². The Labute approximate surface area is 150 Å². The van der Waals surface area contributed by atoms with E-state index in [0.717, 1.165) is 0 Å². The van der Waals surface area contributed by atoms with Crippen LogP contribution in [0.1, 0.15) is 55.4 Å². The molecule has 25 heavy (non-hydrogen) atoms. The summed E-state index contributed by atoms with van der Waals surface area (Å²) in [6, 6.07) is 0.